The highest BCUT2D eigenvalue weighted by Gasteiger charge is 2.37. The predicted octanol–water partition coefficient (Wildman–Crippen LogP) is 3.21. The van der Waals surface area contributed by atoms with Crippen molar-refractivity contribution in [2.45, 2.75) is 32.1 Å². The molecule has 1 aliphatic heterocycles. The minimum absolute atomic E-state index is 0.470. The van der Waals surface area contributed by atoms with E-state index >= 15 is 0 Å². The first kappa shape index (κ1) is 16.8. The fourth-order valence-corrected chi connectivity index (χ4v) is 3.53. The second kappa shape index (κ2) is 6.45. The van der Waals surface area contributed by atoms with E-state index in [1.54, 1.807) is 0 Å². The van der Waals surface area contributed by atoms with Crippen molar-refractivity contribution >= 4 is 11.5 Å². The van der Waals surface area contributed by atoms with Gasteiger partial charge in [0.25, 0.3) is 0 Å². The van der Waals surface area contributed by atoms with E-state index in [-0.39, 0.29) is 0 Å². The Hall–Kier alpha value is -3.05. The number of aromatic nitrogens is 1. The molecule has 126 valence electrons. The lowest BCUT2D eigenvalue weighted by molar-refractivity contribution is 0.414. The quantitative estimate of drug-likeness (QED) is 0.912. The summed E-state index contributed by atoms with van der Waals surface area (Å²) in [6.45, 7) is 5.10. The maximum atomic E-state index is 9.82. The van der Waals surface area contributed by atoms with Gasteiger partial charge in [-0.2, -0.15) is 10.5 Å². The molecular formula is C20H21N5. The summed E-state index contributed by atoms with van der Waals surface area (Å²) in [5.41, 5.74) is 9.25. The molecule has 0 amide bonds. The molecule has 0 atom stereocenters. The molecule has 2 heterocycles. The molecule has 5 heteroatoms. The number of nitrogens with zero attached hydrogens (tertiary/aromatic N) is 4. The van der Waals surface area contributed by atoms with Crippen LogP contribution in [0.5, 0.6) is 0 Å². The van der Waals surface area contributed by atoms with Gasteiger partial charge < -0.3 is 10.6 Å². The number of hydrogen-bond acceptors (Lipinski definition) is 5. The molecule has 0 aliphatic carbocycles. The number of benzene rings is 1. The van der Waals surface area contributed by atoms with Gasteiger partial charge in [-0.15, -0.1) is 0 Å². The van der Waals surface area contributed by atoms with Crippen LogP contribution in [0.25, 0.3) is 0 Å². The van der Waals surface area contributed by atoms with E-state index in [9.17, 15) is 10.5 Å². The first-order valence-electron chi connectivity index (χ1n) is 8.41. The van der Waals surface area contributed by atoms with E-state index in [1.165, 1.54) is 0 Å². The maximum absolute atomic E-state index is 9.82. The topological polar surface area (TPSA) is 89.7 Å². The van der Waals surface area contributed by atoms with E-state index < -0.39 is 5.41 Å². The van der Waals surface area contributed by atoms with Crippen molar-refractivity contribution in [3.8, 4) is 12.1 Å². The van der Waals surface area contributed by atoms with Crippen molar-refractivity contribution < 1.29 is 0 Å². The Kier molecular flexibility index (Phi) is 4.33. The van der Waals surface area contributed by atoms with Gasteiger partial charge in [0.05, 0.1) is 28.4 Å². The van der Waals surface area contributed by atoms with Crippen molar-refractivity contribution in [1.29, 1.82) is 10.5 Å². The molecule has 0 spiro atoms. The van der Waals surface area contributed by atoms with Crippen LogP contribution in [0.1, 0.15) is 35.2 Å². The lowest BCUT2D eigenvalue weighted by atomic mass is 9.74. The van der Waals surface area contributed by atoms with Crippen molar-refractivity contribution in [3.63, 3.8) is 0 Å². The van der Waals surface area contributed by atoms with Gasteiger partial charge in [-0.3, -0.25) is 0 Å². The number of nitrogens with two attached hydrogens (primary N) is 1. The summed E-state index contributed by atoms with van der Waals surface area (Å²) in [7, 11) is 0. The van der Waals surface area contributed by atoms with E-state index in [4.69, 9.17) is 5.73 Å². The Morgan fingerprint density at radius 1 is 1.12 bits per heavy atom. The number of aryl methyl sites for hydroxylation is 1. The molecule has 0 radical (unpaired) electrons. The number of hydrogen-bond donors (Lipinski definition) is 1. The zero-order valence-corrected chi connectivity index (χ0v) is 14.6. The SMILES string of the molecule is Cc1nc(N2CCC(C#N)(c3ccccc3)CC2)c(C#N)c(C)c1N. The molecule has 2 aromatic rings. The highest BCUT2D eigenvalue weighted by atomic mass is 15.2. The second-order valence-corrected chi connectivity index (χ2v) is 6.59. The lowest BCUT2D eigenvalue weighted by Gasteiger charge is -2.38. The van der Waals surface area contributed by atoms with E-state index in [1.807, 2.05) is 44.2 Å². The molecule has 25 heavy (non-hydrogen) atoms. The molecule has 5 nitrogen and oxygen atoms in total. The molecule has 1 saturated heterocycles. The second-order valence-electron chi connectivity index (χ2n) is 6.59. The summed E-state index contributed by atoms with van der Waals surface area (Å²) in [6, 6.07) is 14.7. The highest BCUT2D eigenvalue weighted by Crippen LogP contribution is 2.37. The van der Waals surface area contributed by atoms with Crippen LogP contribution in [0.4, 0.5) is 11.5 Å². The largest absolute Gasteiger partial charge is 0.397 e. The highest BCUT2D eigenvalue weighted by molar-refractivity contribution is 5.67. The van der Waals surface area contributed by atoms with E-state index in [0.717, 1.165) is 16.8 Å². The summed E-state index contributed by atoms with van der Waals surface area (Å²) < 4.78 is 0. The van der Waals surface area contributed by atoms with E-state index in [0.29, 0.717) is 43.0 Å². The monoisotopic (exact) mass is 331 g/mol. The third-order valence-corrected chi connectivity index (χ3v) is 5.23. The minimum atomic E-state index is -0.470. The summed E-state index contributed by atoms with van der Waals surface area (Å²) >= 11 is 0. The first-order chi connectivity index (χ1) is 12.0. The van der Waals surface area contributed by atoms with Crippen LogP contribution in [0.3, 0.4) is 0 Å². The average molecular weight is 331 g/mol. The van der Waals surface area contributed by atoms with Crippen molar-refractivity contribution in [2.24, 2.45) is 0 Å². The van der Waals surface area contributed by atoms with Gasteiger partial charge in [0.15, 0.2) is 0 Å². The number of nitriles is 2. The smallest absolute Gasteiger partial charge is 0.147 e. The van der Waals surface area contributed by atoms with Crippen LogP contribution in [-0.2, 0) is 5.41 Å². The number of pyridine rings is 1. The average Bonchev–Trinajstić information content (AvgIpc) is 2.66. The molecule has 3 rings (SSSR count). The first-order valence-corrected chi connectivity index (χ1v) is 8.41. The fourth-order valence-electron chi connectivity index (χ4n) is 3.53. The normalized spacial score (nSPS) is 16.1. The number of anilines is 2. The Balaban J connectivity index is 1.91. The zero-order valence-electron chi connectivity index (χ0n) is 14.6. The third-order valence-electron chi connectivity index (χ3n) is 5.23. The molecule has 0 saturated carbocycles. The Labute approximate surface area is 148 Å². The standard InChI is InChI=1S/C20H21N5/c1-14-17(12-21)19(24-15(2)18(14)23)25-10-8-20(13-22,9-11-25)16-6-4-3-5-7-16/h3-7H,8-11,23H2,1-2H3. The van der Waals surface area contributed by atoms with Gasteiger partial charge in [-0.1, -0.05) is 30.3 Å². The molecule has 2 N–H and O–H groups in total. The summed E-state index contributed by atoms with van der Waals surface area (Å²) in [6.07, 6.45) is 1.42. The van der Waals surface area contributed by atoms with Crippen molar-refractivity contribution in [2.75, 3.05) is 23.7 Å². The molecule has 1 fully saturated rings. The molecule has 1 aromatic carbocycles. The summed E-state index contributed by atoms with van der Waals surface area (Å²) in [5, 5.41) is 19.4. The van der Waals surface area contributed by atoms with Crippen LogP contribution in [0, 0.1) is 36.5 Å². The number of piperidine rings is 1. The van der Waals surface area contributed by atoms with Gasteiger partial charge in [-0.25, -0.2) is 4.98 Å². The third kappa shape index (κ3) is 2.79. The van der Waals surface area contributed by atoms with Crippen LogP contribution in [0.2, 0.25) is 0 Å². The van der Waals surface area contributed by atoms with Crippen LogP contribution in [0.15, 0.2) is 30.3 Å². The molecule has 0 bridgehead atoms. The zero-order chi connectivity index (χ0) is 18.0. The van der Waals surface area contributed by atoms with Crippen molar-refractivity contribution in [3.05, 3.63) is 52.7 Å². The number of rotatable bonds is 2. The fraction of sp³-hybridized carbons (Fsp3) is 0.350. The van der Waals surface area contributed by atoms with Crippen LogP contribution < -0.4 is 10.6 Å². The van der Waals surface area contributed by atoms with Gasteiger partial charge in [0.2, 0.25) is 0 Å². The molecule has 0 unspecified atom stereocenters. The Bertz CT molecular complexity index is 866. The number of nitrogen functional groups attached to an aromatic ring is 1. The van der Waals surface area contributed by atoms with Crippen molar-refractivity contribution in [1.82, 2.24) is 4.98 Å². The minimum Gasteiger partial charge on any atom is -0.397 e. The maximum Gasteiger partial charge on any atom is 0.147 e. The molecule has 1 aromatic heterocycles. The van der Waals surface area contributed by atoms with Gasteiger partial charge in [0.1, 0.15) is 11.9 Å². The predicted molar refractivity (Wildman–Crippen MR) is 98.0 cm³/mol. The van der Waals surface area contributed by atoms with Crippen LogP contribution >= 0.6 is 0 Å². The Morgan fingerprint density at radius 2 is 1.76 bits per heavy atom. The molecule has 1 aliphatic rings. The summed E-state index contributed by atoms with van der Waals surface area (Å²) in [4.78, 5) is 6.68. The summed E-state index contributed by atoms with van der Waals surface area (Å²) in [5.74, 6) is 0.686. The van der Waals surface area contributed by atoms with E-state index in [2.05, 4.69) is 22.0 Å². The van der Waals surface area contributed by atoms with Gasteiger partial charge in [0, 0.05) is 13.1 Å². The Morgan fingerprint density at radius 3 is 2.32 bits per heavy atom. The van der Waals surface area contributed by atoms with Crippen LogP contribution in [-0.4, -0.2) is 18.1 Å². The molecular weight excluding hydrogens is 310 g/mol. The van der Waals surface area contributed by atoms with Gasteiger partial charge >= 0.3 is 0 Å². The van der Waals surface area contributed by atoms with Gasteiger partial charge in [-0.05, 0) is 37.8 Å². The lowest BCUT2D eigenvalue weighted by Crippen LogP contribution is -2.42.